The molecule has 6 nitrogen and oxygen atoms in total. The average molecular weight is 328 g/mol. The van der Waals surface area contributed by atoms with Crippen LogP contribution in [-0.2, 0) is 6.42 Å². The fourth-order valence-corrected chi connectivity index (χ4v) is 2.05. The Morgan fingerprint density at radius 2 is 1.83 bits per heavy atom. The van der Waals surface area contributed by atoms with E-state index in [1.807, 2.05) is 24.3 Å². The fraction of sp³-hybridized carbons (Fsp3) is 0.389. The van der Waals surface area contributed by atoms with Crippen LogP contribution < -0.4 is 15.4 Å². The van der Waals surface area contributed by atoms with E-state index in [1.165, 1.54) is 0 Å². The standard InChI is InChI=1S/C18H24N4O2/c1-13(2)10-20-18-21-11-15(12-22-18)17(23)19-9-8-14-4-6-16(24-3)7-5-14/h4-7,11-13H,8-10H2,1-3H3,(H,19,23)(H,20,21,22). The minimum Gasteiger partial charge on any atom is -0.497 e. The third-order valence-corrected chi connectivity index (χ3v) is 3.44. The molecule has 0 aliphatic carbocycles. The Bertz CT molecular complexity index is 639. The second kappa shape index (κ2) is 8.86. The van der Waals surface area contributed by atoms with Crippen molar-refractivity contribution in [3.05, 3.63) is 47.8 Å². The summed E-state index contributed by atoms with van der Waals surface area (Å²) in [5, 5.41) is 6.00. The van der Waals surface area contributed by atoms with E-state index < -0.39 is 0 Å². The number of methoxy groups -OCH3 is 1. The minimum atomic E-state index is -0.168. The highest BCUT2D eigenvalue weighted by atomic mass is 16.5. The van der Waals surface area contributed by atoms with Crippen LogP contribution in [-0.4, -0.2) is 36.1 Å². The number of anilines is 1. The molecule has 0 atom stereocenters. The lowest BCUT2D eigenvalue weighted by molar-refractivity contribution is 0.0953. The number of benzene rings is 1. The van der Waals surface area contributed by atoms with Gasteiger partial charge in [-0.15, -0.1) is 0 Å². The molecule has 0 aliphatic heterocycles. The largest absolute Gasteiger partial charge is 0.497 e. The molecule has 24 heavy (non-hydrogen) atoms. The molecule has 0 saturated carbocycles. The topological polar surface area (TPSA) is 76.1 Å². The Labute approximate surface area is 142 Å². The first-order valence-electron chi connectivity index (χ1n) is 8.05. The number of hydrogen-bond acceptors (Lipinski definition) is 5. The van der Waals surface area contributed by atoms with Gasteiger partial charge in [-0.05, 0) is 30.0 Å². The number of aromatic nitrogens is 2. The van der Waals surface area contributed by atoms with Crippen molar-refractivity contribution in [2.75, 3.05) is 25.5 Å². The Morgan fingerprint density at radius 1 is 1.17 bits per heavy atom. The summed E-state index contributed by atoms with van der Waals surface area (Å²) in [7, 11) is 1.64. The van der Waals surface area contributed by atoms with Crippen LogP contribution in [0, 0.1) is 5.92 Å². The second-order valence-corrected chi connectivity index (χ2v) is 5.92. The number of carbonyl (C=O) groups is 1. The maximum absolute atomic E-state index is 12.1. The molecule has 2 N–H and O–H groups in total. The molecule has 1 amide bonds. The molecule has 0 bridgehead atoms. The molecule has 0 fully saturated rings. The van der Waals surface area contributed by atoms with Gasteiger partial charge in [0.25, 0.3) is 5.91 Å². The lowest BCUT2D eigenvalue weighted by atomic mass is 10.1. The van der Waals surface area contributed by atoms with E-state index in [0.717, 1.165) is 24.3 Å². The first-order valence-corrected chi connectivity index (χ1v) is 8.05. The Hall–Kier alpha value is -2.63. The third kappa shape index (κ3) is 5.53. The second-order valence-electron chi connectivity index (χ2n) is 5.92. The van der Waals surface area contributed by atoms with Crippen LogP contribution in [0.1, 0.15) is 29.8 Å². The molecule has 1 aromatic heterocycles. The van der Waals surface area contributed by atoms with Gasteiger partial charge in [0.15, 0.2) is 0 Å². The minimum absolute atomic E-state index is 0.168. The van der Waals surface area contributed by atoms with E-state index in [4.69, 9.17) is 4.74 Å². The van der Waals surface area contributed by atoms with Crippen LogP contribution in [0.2, 0.25) is 0 Å². The van der Waals surface area contributed by atoms with Gasteiger partial charge in [0.2, 0.25) is 5.95 Å². The van der Waals surface area contributed by atoms with Gasteiger partial charge >= 0.3 is 0 Å². The lowest BCUT2D eigenvalue weighted by Gasteiger charge is -2.08. The summed E-state index contributed by atoms with van der Waals surface area (Å²) in [4.78, 5) is 20.4. The number of rotatable bonds is 8. The predicted molar refractivity (Wildman–Crippen MR) is 94.4 cm³/mol. The van der Waals surface area contributed by atoms with Crippen LogP contribution in [0.5, 0.6) is 5.75 Å². The van der Waals surface area contributed by atoms with Crippen molar-refractivity contribution >= 4 is 11.9 Å². The van der Waals surface area contributed by atoms with Crippen molar-refractivity contribution in [3.8, 4) is 5.75 Å². The lowest BCUT2D eigenvalue weighted by Crippen LogP contribution is -2.26. The molecule has 1 heterocycles. The molecule has 1 aromatic carbocycles. The van der Waals surface area contributed by atoms with Gasteiger partial charge in [0.1, 0.15) is 5.75 Å². The predicted octanol–water partition coefficient (Wildman–Crippen LogP) is 2.53. The van der Waals surface area contributed by atoms with Crippen LogP contribution >= 0.6 is 0 Å². The summed E-state index contributed by atoms with van der Waals surface area (Å²) >= 11 is 0. The molecule has 0 unspecified atom stereocenters. The van der Waals surface area contributed by atoms with Crippen LogP contribution in [0.15, 0.2) is 36.7 Å². The zero-order valence-corrected chi connectivity index (χ0v) is 14.4. The Morgan fingerprint density at radius 3 is 2.42 bits per heavy atom. The molecule has 2 rings (SSSR count). The van der Waals surface area contributed by atoms with Crippen LogP contribution in [0.25, 0.3) is 0 Å². The summed E-state index contributed by atoms with van der Waals surface area (Å²) in [5.41, 5.74) is 1.60. The van der Waals surface area contributed by atoms with Crippen molar-refractivity contribution < 1.29 is 9.53 Å². The van der Waals surface area contributed by atoms with Crippen molar-refractivity contribution in [2.24, 2.45) is 5.92 Å². The summed E-state index contributed by atoms with van der Waals surface area (Å²) < 4.78 is 5.12. The molecule has 128 valence electrons. The van der Waals surface area contributed by atoms with E-state index in [0.29, 0.717) is 24.0 Å². The normalized spacial score (nSPS) is 10.5. The van der Waals surface area contributed by atoms with Crippen molar-refractivity contribution in [1.29, 1.82) is 0 Å². The highest BCUT2D eigenvalue weighted by molar-refractivity contribution is 5.93. The SMILES string of the molecule is COc1ccc(CCNC(=O)c2cnc(NCC(C)C)nc2)cc1. The number of nitrogens with one attached hydrogen (secondary N) is 2. The number of amides is 1. The monoisotopic (exact) mass is 328 g/mol. The van der Waals surface area contributed by atoms with Crippen molar-refractivity contribution in [3.63, 3.8) is 0 Å². The van der Waals surface area contributed by atoms with Gasteiger partial charge in [0, 0.05) is 25.5 Å². The van der Waals surface area contributed by atoms with E-state index in [9.17, 15) is 4.79 Å². The quantitative estimate of drug-likeness (QED) is 0.779. The molecule has 0 spiro atoms. The maximum Gasteiger partial charge on any atom is 0.254 e. The van der Waals surface area contributed by atoms with Gasteiger partial charge < -0.3 is 15.4 Å². The maximum atomic E-state index is 12.1. The molecule has 0 radical (unpaired) electrons. The van der Waals surface area contributed by atoms with Gasteiger partial charge in [-0.1, -0.05) is 26.0 Å². The van der Waals surface area contributed by atoms with Gasteiger partial charge in [0.05, 0.1) is 12.7 Å². The van der Waals surface area contributed by atoms with Crippen molar-refractivity contribution in [2.45, 2.75) is 20.3 Å². The molecule has 0 aliphatic rings. The Kier molecular flexibility index (Phi) is 6.54. The third-order valence-electron chi connectivity index (χ3n) is 3.44. The highest BCUT2D eigenvalue weighted by Crippen LogP contribution is 2.11. The molecule has 0 saturated heterocycles. The number of nitrogens with zero attached hydrogens (tertiary/aromatic N) is 2. The summed E-state index contributed by atoms with van der Waals surface area (Å²) in [6.45, 7) is 5.57. The average Bonchev–Trinajstić information content (AvgIpc) is 2.61. The zero-order chi connectivity index (χ0) is 17.4. The molecular formula is C18H24N4O2. The highest BCUT2D eigenvalue weighted by Gasteiger charge is 2.07. The summed E-state index contributed by atoms with van der Waals surface area (Å²) in [6, 6.07) is 7.80. The molecular weight excluding hydrogens is 304 g/mol. The van der Waals surface area contributed by atoms with E-state index in [-0.39, 0.29) is 5.91 Å². The van der Waals surface area contributed by atoms with Gasteiger partial charge in [-0.2, -0.15) is 0 Å². The first kappa shape index (κ1) is 17.7. The van der Waals surface area contributed by atoms with E-state index in [2.05, 4.69) is 34.4 Å². The van der Waals surface area contributed by atoms with Crippen LogP contribution in [0.3, 0.4) is 0 Å². The number of carbonyl (C=O) groups excluding carboxylic acids is 1. The molecule has 6 heteroatoms. The Balaban J connectivity index is 1.79. The summed E-state index contributed by atoms with van der Waals surface area (Å²) in [6.07, 6.45) is 3.83. The molecule has 2 aromatic rings. The smallest absolute Gasteiger partial charge is 0.254 e. The summed E-state index contributed by atoms with van der Waals surface area (Å²) in [5.74, 6) is 1.71. The van der Waals surface area contributed by atoms with Crippen LogP contribution in [0.4, 0.5) is 5.95 Å². The van der Waals surface area contributed by atoms with Crippen molar-refractivity contribution in [1.82, 2.24) is 15.3 Å². The zero-order valence-electron chi connectivity index (χ0n) is 14.4. The number of hydrogen-bond donors (Lipinski definition) is 2. The van der Waals surface area contributed by atoms with E-state index >= 15 is 0 Å². The number of ether oxygens (including phenoxy) is 1. The van der Waals surface area contributed by atoms with Gasteiger partial charge in [-0.3, -0.25) is 4.79 Å². The van der Waals surface area contributed by atoms with E-state index in [1.54, 1.807) is 19.5 Å². The first-order chi connectivity index (χ1) is 11.6. The fourth-order valence-electron chi connectivity index (χ4n) is 2.05. The van der Waals surface area contributed by atoms with Gasteiger partial charge in [-0.25, -0.2) is 9.97 Å².